The van der Waals surface area contributed by atoms with Gasteiger partial charge in [0, 0.05) is 13.2 Å². The van der Waals surface area contributed by atoms with Crippen LogP contribution in [0.4, 0.5) is 0 Å². The summed E-state index contributed by atoms with van der Waals surface area (Å²) in [4.78, 5) is 11.1. The molecule has 1 amide bonds. The van der Waals surface area contributed by atoms with Crippen LogP contribution >= 0.6 is 11.6 Å². The van der Waals surface area contributed by atoms with E-state index in [9.17, 15) is 4.79 Å². The fourth-order valence-electron chi connectivity index (χ4n) is 2.70. The first kappa shape index (κ1) is 10.2. The first-order chi connectivity index (χ1) is 6.77. The third-order valence-corrected chi connectivity index (χ3v) is 3.70. The number of ether oxygens (including phenoxy) is 1. The fourth-order valence-corrected chi connectivity index (χ4v) is 2.79. The fraction of sp³-hybridized carbons (Fsp3) is 0.900. The topological polar surface area (TPSA) is 38.3 Å². The molecule has 2 rings (SSSR count). The summed E-state index contributed by atoms with van der Waals surface area (Å²) in [5.41, 5.74) is -0.0539. The summed E-state index contributed by atoms with van der Waals surface area (Å²) in [6.45, 7) is 1.49. The second-order valence-corrected chi connectivity index (χ2v) is 4.47. The predicted molar refractivity (Wildman–Crippen MR) is 54.4 cm³/mol. The molecule has 0 unspecified atom stereocenters. The molecule has 2 fully saturated rings. The van der Waals surface area contributed by atoms with Crippen LogP contribution in [-0.4, -0.2) is 30.5 Å². The number of fused-ring (bicyclic) bond motifs is 1. The van der Waals surface area contributed by atoms with Crippen LogP contribution in [-0.2, 0) is 9.53 Å². The molecule has 1 saturated carbocycles. The molecule has 1 aliphatic carbocycles. The number of hydrogen-bond donors (Lipinski definition) is 1. The standard InChI is InChI=1S/C10H16ClNO2/c11-6-9(13)12-7-10-4-1-2-8(10)3-5-14-10/h8H,1-7H2,(H,12,13)/t8-,10+/m0/s1. The number of hydrogen-bond acceptors (Lipinski definition) is 2. The summed E-state index contributed by atoms with van der Waals surface area (Å²) >= 11 is 5.43. The van der Waals surface area contributed by atoms with Crippen molar-refractivity contribution in [3.63, 3.8) is 0 Å². The van der Waals surface area contributed by atoms with E-state index in [1.54, 1.807) is 0 Å². The van der Waals surface area contributed by atoms with E-state index in [-0.39, 0.29) is 17.4 Å². The van der Waals surface area contributed by atoms with E-state index in [1.807, 2.05) is 0 Å². The van der Waals surface area contributed by atoms with Gasteiger partial charge in [0.2, 0.25) is 5.91 Å². The molecule has 0 radical (unpaired) electrons. The average molecular weight is 218 g/mol. The van der Waals surface area contributed by atoms with E-state index < -0.39 is 0 Å². The Bertz CT molecular complexity index is 222. The molecule has 0 aromatic carbocycles. The highest BCUT2D eigenvalue weighted by atomic mass is 35.5. The third-order valence-electron chi connectivity index (χ3n) is 3.46. The zero-order chi connectivity index (χ0) is 10.0. The Kier molecular flexibility index (Phi) is 2.98. The summed E-state index contributed by atoms with van der Waals surface area (Å²) in [7, 11) is 0. The molecule has 2 aliphatic rings. The van der Waals surface area contributed by atoms with Crippen LogP contribution in [0.3, 0.4) is 0 Å². The van der Waals surface area contributed by atoms with Gasteiger partial charge in [0.05, 0.1) is 5.60 Å². The van der Waals surface area contributed by atoms with E-state index in [2.05, 4.69) is 5.32 Å². The van der Waals surface area contributed by atoms with Crippen molar-refractivity contribution in [3.05, 3.63) is 0 Å². The van der Waals surface area contributed by atoms with E-state index >= 15 is 0 Å². The minimum Gasteiger partial charge on any atom is -0.373 e. The molecular weight excluding hydrogens is 202 g/mol. The molecule has 1 heterocycles. The lowest BCUT2D eigenvalue weighted by atomic mass is 9.91. The minimum absolute atomic E-state index is 0.0424. The Balaban J connectivity index is 1.91. The van der Waals surface area contributed by atoms with E-state index in [4.69, 9.17) is 16.3 Å². The van der Waals surface area contributed by atoms with Gasteiger partial charge in [0.15, 0.2) is 0 Å². The predicted octanol–water partition coefficient (Wildman–Crippen LogP) is 1.30. The monoisotopic (exact) mass is 217 g/mol. The van der Waals surface area contributed by atoms with Crippen molar-refractivity contribution in [2.24, 2.45) is 5.92 Å². The second kappa shape index (κ2) is 4.07. The normalized spacial score (nSPS) is 35.6. The lowest BCUT2D eigenvalue weighted by Gasteiger charge is -2.28. The largest absolute Gasteiger partial charge is 0.373 e. The Morgan fingerprint density at radius 1 is 1.57 bits per heavy atom. The molecule has 2 atom stereocenters. The average Bonchev–Trinajstić information content (AvgIpc) is 2.72. The maximum atomic E-state index is 11.1. The van der Waals surface area contributed by atoms with Crippen LogP contribution in [0.25, 0.3) is 0 Å². The Hall–Kier alpha value is -0.280. The van der Waals surface area contributed by atoms with Crippen molar-refractivity contribution in [1.29, 1.82) is 0 Å². The lowest BCUT2D eigenvalue weighted by Crippen LogP contribution is -2.44. The maximum Gasteiger partial charge on any atom is 0.235 e. The van der Waals surface area contributed by atoms with Crippen LogP contribution in [0.15, 0.2) is 0 Å². The third kappa shape index (κ3) is 1.75. The highest BCUT2D eigenvalue weighted by Crippen LogP contribution is 2.44. The minimum atomic E-state index is -0.0952. The molecule has 0 spiro atoms. The van der Waals surface area contributed by atoms with Crippen LogP contribution < -0.4 is 5.32 Å². The van der Waals surface area contributed by atoms with Gasteiger partial charge in [-0.1, -0.05) is 6.42 Å². The van der Waals surface area contributed by atoms with Gasteiger partial charge in [-0.25, -0.2) is 0 Å². The van der Waals surface area contributed by atoms with Crippen LogP contribution in [0.5, 0.6) is 0 Å². The van der Waals surface area contributed by atoms with Crippen LogP contribution in [0, 0.1) is 5.92 Å². The van der Waals surface area contributed by atoms with Crippen molar-refractivity contribution in [2.75, 3.05) is 19.0 Å². The highest BCUT2D eigenvalue weighted by Gasteiger charge is 2.47. The molecule has 0 aromatic heterocycles. The number of amides is 1. The Morgan fingerprint density at radius 3 is 3.21 bits per heavy atom. The maximum absolute atomic E-state index is 11.1. The molecule has 80 valence electrons. The van der Waals surface area contributed by atoms with Gasteiger partial charge in [-0.15, -0.1) is 11.6 Å². The summed E-state index contributed by atoms with van der Waals surface area (Å²) < 4.78 is 5.80. The number of carbonyl (C=O) groups excluding carboxylic acids is 1. The smallest absolute Gasteiger partial charge is 0.235 e. The van der Waals surface area contributed by atoms with Gasteiger partial charge in [-0.3, -0.25) is 4.79 Å². The summed E-state index contributed by atoms with van der Waals surface area (Å²) in [5, 5.41) is 2.84. The molecule has 14 heavy (non-hydrogen) atoms. The summed E-state index contributed by atoms with van der Waals surface area (Å²) in [6, 6.07) is 0. The van der Waals surface area contributed by atoms with Gasteiger partial charge in [-0.2, -0.15) is 0 Å². The van der Waals surface area contributed by atoms with Crippen molar-refractivity contribution < 1.29 is 9.53 Å². The molecule has 3 nitrogen and oxygen atoms in total. The van der Waals surface area contributed by atoms with Crippen LogP contribution in [0.1, 0.15) is 25.7 Å². The number of rotatable bonds is 3. The summed E-state index contributed by atoms with van der Waals surface area (Å²) in [6.07, 6.45) is 4.70. The Labute approximate surface area is 89.1 Å². The first-order valence-corrected chi connectivity index (χ1v) is 5.77. The zero-order valence-corrected chi connectivity index (χ0v) is 8.98. The number of halogens is 1. The Morgan fingerprint density at radius 2 is 2.43 bits per heavy atom. The molecule has 0 bridgehead atoms. The van der Waals surface area contributed by atoms with Crippen molar-refractivity contribution in [3.8, 4) is 0 Å². The van der Waals surface area contributed by atoms with Gasteiger partial charge >= 0.3 is 0 Å². The molecule has 0 aromatic rings. The highest BCUT2D eigenvalue weighted by molar-refractivity contribution is 6.27. The lowest BCUT2D eigenvalue weighted by molar-refractivity contribution is -0.120. The van der Waals surface area contributed by atoms with Crippen LogP contribution in [0.2, 0.25) is 0 Å². The van der Waals surface area contributed by atoms with Gasteiger partial charge < -0.3 is 10.1 Å². The quantitative estimate of drug-likeness (QED) is 0.724. The number of carbonyl (C=O) groups is 1. The van der Waals surface area contributed by atoms with Gasteiger partial charge in [0.25, 0.3) is 0 Å². The summed E-state index contributed by atoms with van der Waals surface area (Å²) in [5.74, 6) is 0.598. The van der Waals surface area contributed by atoms with E-state index in [1.165, 1.54) is 12.8 Å². The van der Waals surface area contributed by atoms with Crippen molar-refractivity contribution in [2.45, 2.75) is 31.3 Å². The second-order valence-electron chi connectivity index (χ2n) is 4.20. The zero-order valence-electron chi connectivity index (χ0n) is 8.22. The molecule has 1 aliphatic heterocycles. The SMILES string of the molecule is O=C(CCl)NC[C@]12CCC[C@H]1CCO2. The van der Waals surface area contributed by atoms with E-state index in [0.29, 0.717) is 12.5 Å². The number of alkyl halides is 1. The number of nitrogens with one attached hydrogen (secondary N) is 1. The van der Waals surface area contributed by atoms with Gasteiger partial charge in [-0.05, 0) is 25.2 Å². The van der Waals surface area contributed by atoms with Crippen molar-refractivity contribution >= 4 is 17.5 Å². The molecule has 1 N–H and O–H groups in total. The molecular formula is C10H16ClNO2. The molecule has 1 saturated heterocycles. The van der Waals surface area contributed by atoms with Gasteiger partial charge in [0.1, 0.15) is 5.88 Å². The molecule has 4 heteroatoms. The first-order valence-electron chi connectivity index (χ1n) is 5.23. The van der Waals surface area contributed by atoms with E-state index in [0.717, 1.165) is 19.4 Å². The van der Waals surface area contributed by atoms with Crippen molar-refractivity contribution in [1.82, 2.24) is 5.32 Å².